The van der Waals surface area contributed by atoms with Crippen molar-refractivity contribution >= 4 is 16.9 Å². The molecule has 0 radical (unpaired) electrons. The Morgan fingerprint density at radius 2 is 2.06 bits per heavy atom. The van der Waals surface area contributed by atoms with E-state index in [0.717, 1.165) is 56.8 Å². The van der Waals surface area contributed by atoms with Gasteiger partial charge in [0.1, 0.15) is 5.65 Å². The SMILES string of the molecule is Cc1c[nH]c2ncc(-c3cc4c(c([C@@H]5CCCN5)c3)CCN(C(=O)CC3CCOCC3)C4)cc12. The van der Waals surface area contributed by atoms with Gasteiger partial charge in [-0.1, -0.05) is 0 Å². The van der Waals surface area contributed by atoms with Crippen LogP contribution in [-0.2, 0) is 22.5 Å². The molecule has 0 aliphatic carbocycles. The highest BCUT2D eigenvalue weighted by molar-refractivity contribution is 5.85. The lowest BCUT2D eigenvalue weighted by molar-refractivity contribution is -0.133. The lowest BCUT2D eigenvalue weighted by Crippen LogP contribution is -2.38. The predicted molar refractivity (Wildman–Crippen MR) is 134 cm³/mol. The van der Waals surface area contributed by atoms with Gasteiger partial charge < -0.3 is 19.9 Å². The van der Waals surface area contributed by atoms with Gasteiger partial charge in [0.15, 0.2) is 0 Å². The minimum Gasteiger partial charge on any atom is -0.381 e. The molecule has 0 unspecified atom stereocenters. The number of pyridine rings is 1. The second kappa shape index (κ2) is 9.16. The van der Waals surface area contributed by atoms with Crippen molar-refractivity contribution < 1.29 is 9.53 Å². The Morgan fingerprint density at radius 1 is 1.18 bits per heavy atom. The fourth-order valence-corrected chi connectivity index (χ4v) is 5.99. The lowest BCUT2D eigenvalue weighted by atomic mass is 9.86. The van der Waals surface area contributed by atoms with Crippen molar-refractivity contribution in [3.63, 3.8) is 0 Å². The molecule has 178 valence electrons. The number of amides is 1. The van der Waals surface area contributed by atoms with E-state index in [1.165, 1.54) is 46.0 Å². The summed E-state index contributed by atoms with van der Waals surface area (Å²) in [6, 6.07) is 7.35. The lowest BCUT2D eigenvalue weighted by Gasteiger charge is -2.33. The standard InChI is InChI=1S/C28H34N4O2/c1-18-15-30-28-24(18)14-21(16-31-28)20-12-22-17-32(27(33)11-19-5-9-34-10-6-19)8-4-23(22)25(13-20)26-3-2-7-29-26/h12-16,19,26,29H,2-11,17H2,1H3,(H,30,31)/t26-/m0/s1. The van der Waals surface area contributed by atoms with Crippen LogP contribution in [-0.4, -0.2) is 47.1 Å². The van der Waals surface area contributed by atoms with E-state index in [4.69, 9.17) is 4.74 Å². The number of aryl methyl sites for hydroxylation is 1. The van der Waals surface area contributed by atoms with Gasteiger partial charge >= 0.3 is 0 Å². The van der Waals surface area contributed by atoms with Crippen LogP contribution in [0.1, 0.15) is 60.4 Å². The van der Waals surface area contributed by atoms with Crippen LogP contribution < -0.4 is 5.32 Å². The summed E-state index contributed by atoms with van der Waals surface area (Å²) in [5, 5.41) is 4.88. The highest BCUT2D eigenvalue weighted by Crippen LogP contribution is 2.36. The van der Waals surface area contributed by atoms with Gasteiger partial charge in [-0.25, -0.2) is 4.98 Å². The first-order valence-corrected chi connectivity index (χ1v) is 12.8. The number of ether oxygens (including phenoxy) is 1. The molecule has 3 aliphatic rings. The third-order valence-electron chi connectivity index (χ3n) is 8.03. The fourth-order valence-electron chi connectivity index (χ4n) is 5.99. The molecule has 1 atom stereocenters. The molecule has 3 aromatic rings. The molecule has 1 aromatic carbocycles. The van der Waals surface area contributed by atoms with Crippen molar-refractivity contribution in [2.24, 2.45) is 5.92 Å². The van der Waals surface area contributed by atoms with Crippen LogP contribution in [0.3, 0.4) is 0 Å². The van der Waals surface area contributed by atoms with Crippen LogP contribution in [0.5, 0.6) is 0 Å². The van der Waals surface area contributed by atoms with Crippen molar-refractivity contribution in [3.8, 4) is 11.1 Å². The number of fused-ring (bicyclic) bond motifs is 2. The molecule has 5 heterocycles. The van der Waals surface area contributed by atoms with Crippen LogP contribution in [0.25, 0.3) is 22.2 Å². The van der Waals surface area contributed by atoms with E-state index in [1.54, 1.807) is 0 Å². The smallest absolute Gasteiger partial charge is 0.223 e. The van der Waals surface area contributed by atoms with Crippen LogP contribution in [0.2, 0.25) is 0 Å². The van der Waals surface area contributed by atoms with Crippen molar-refractivity contribution in [1.29, 1.82) is 0 Å². The molecular formula is C28H34N4O2. The van der Waals surface area contributed by atoms with Gasteiger partial charge in [-0.05, 0) is 97.5 Å². The minimum absolute atomic E-state index is 0.300. The second-order valence-corrected chi connectivity index (χ2v) is 10.3. The summed E-state index contributed by atoms with van der Waals surface area (Å²) in [5.74, 6) is 0.768. The molecule has 0 bridgehead atoms. The number of rotatable bonds is 4. The van der Waals surface area contributed by atoms with Gasteiger partial charge in [0, 0.05) is 62.1 Å². The Labute approximate surface area is 201 Å². The Kier molecular flexibility index (Phi) is 5.87. The zero-order chi connectivity index (χ0) is 23.1. The molecule has 1 amide bonds. The average Bonchev–Trinajstić information content (AvgIpc) is 3.54. The largest absolute Gasteiger partial charge is 0.381 e. The van der Waals surface area contributed by atoms with Crippen molar-refractivity contribution in [1.82, 2.24) is 20.2 Å². The molecular weight excluding hydrogens is 424 g/mol. The van der Waals surface area contributed by atoms with E-state index >= 15 is 0 Å². The van der Waals surface area contributed by atoms with Crippen molar-refractivity contribution in [3.05, 3.63) is 52.8 Å². The number of hydrogen-bond acceptors (Lipinski definition) is 4. The average molecular weight is 459 g/mol. The predicted octanol–water partition coefficient (Wildman–Crippen LogP) is 4.66. The summed E-state index contributed by atoms with van der Waals surface area (Å²) >= 11 is 0. The number of aromatic amines is 1. The van der Waals surface area contributed by atoms with Gasteiger partial charge in [0.05, 0.1) is 0 Å². The van der Waals surface area contributed by atoms with Crippen LogP contribution >= 0.6 is 0 Å². The molecule has 2 saturated heterocycles. The summed E-state index contributed by atoms with van der Waals surface area (Å²) in [7, 11) is 0. The summed E-state index contributed by atoms with van der Waals surface area (Å²) in [5.41, 5.74) is 8.67. The Bertz CT molecular complexity index is 1200. The van der Waals surface area contributed by atoms with E-state index in [0.29, 0.717) is 30.8 Å². The molecule has 6 nitrogen and oxygen atoms in total. The molecule has 6 rings (SSSR count). The van der Waals surface area contributed by atoms with Crippen molar-refractivity contribution in [2.45, 2.75) is 58.0 Å². The van der Waals surface area contributed by atoms with Gasteiger partial charge in [0.2, 0.25) is 5.91 Å². The Balaban J connectivity index is 1.33. The number of H-pyrrole nitrogens is 1. The molecule has 0 spiro atoms. The number of benzene rings is 1. The number of nitrogens with one attached hydrogen (secondary N) is 2. The van der Waals surface area contributed by atoms with Gasteiger partial charge in [-0.3, -0.25) is 4.79 Å². The highest BCUT2D eigenvalue weighted by atomic mass is 16.5. The Hall–Kier alpha value is -2.70. The summed E-state index contributed by atoms with van der Waals surface area (Å²) in [4.78, 5) is 23.2. The fraction of sp³-hybridized carbons (Fsp3) is 0.500. The zero-order valence-electron chi connectivity index (χ0n) is 20.0. The van der Waals surface area contributed by atoms with E-state index in [-0.39, 0.29) is 0 Å². The highest BCUT2D eigenvalue weighted by Gasteiger charge is 2.29. The number of hydrogen-bond donors (Lipinski definition) is 2. The molecule has 34 heavy (non-hydrogen) atoms. The summed E-state index contributed by atoms with van der Waals surface area (Å²) < 4.78 is 5.48. The minimum atomic E-state index is 0.300. The van der Waals surface area contributed by atoms with Gasteiger partial charge in [-0.15, -0.1) is 0 Å². The normalized spacial score (nSPS) is 21.2. The van der Waals surface area contributed by atoms with E-state index in [9.17, 15) is 4.79 Å². The first kappa shape index (κ1) is 21.8. The topological polar surface area (TPSA) is 70.2 Å². The van der Waals surface area contributed by atoms with Crippen LogP contribution in [0.15, 0.2) is 30.6 Å². The summed E-state index contributed by atoms with van der Waals surface area (Å²) in [6.07, 6.45) is 10.00. The first-order valence-electron chi connectivity index (χ1n) is 12.8. The van der Waals surface area contributed by atoms with E-state index < -0.39 is 0 Å². The second-order valence-electron chi connectivity index (χ2n) is 10.3. The van der Waals surface area contributed by atoms with Crippen LogP contribution in [0.4, 0.5) is 0 Å². The monoisotopic (exact) mass is 458 g/mol. The molecule has 0 saturated carbocycles. The molecule has 3 aliphatic heterocycles. The third-order valence-corrected chi connectivity index (χ3v) is 8.03. The zero-order valence-corrected chi connectivity index (χ0v) is 20.0. The molecule has 6 heteroatoms. The molecule has 2 aromatic heterocycles. The number of carbonyl (C=O) groups is 1. The maximum atomic E-state index is 13.2. The van der Waals surface area contributed by atoms with E-state index in [2.05, 4.69) is 45.3 Å². The molecule has 2 fully saturated rings. The van der Waals surface area contributed by atoms with E-state index in [1.807, 2.05) is 12.4 Å². The molecule has 2 N–H and O–H groups in total. The quantitative estimate of drug-likeness (QED) is 0.596. The maximum absolute atomic E-state index is 13.2. The Morgan fingerprint density at radius 3 is 2.88 bits per heavy atom. The van der Waals surface area contributed by atoms with Crippen molar-refractivity contribution in [2.75, 3.05) is 26.3 Å². The number of aromatic nitrogens is 2. The summed E-state index contributed by atoms with van der Waals surface area (Å²) in [6.45, 7) is 6.32. The number of carbonyl (C=O) groups excluding carboxylic acids is 1. The van der Waals surface area contributed by atoms with Gasteiger partial charge in [-0.2, -0.15) is 0 Å². The third kappa shape index (κ3) is 4.14. The van der Waals surface area contributed by atoms with Crippen LogP contribution in [0, 0.1) is 12.8 Å². The first-order chi connectivity index (χ1) is 16.7. The number of nitrogens with zero attached hydrogens (tertiary/aromatic N) is 2. The maximum Gasteiger partial charge on any atom is 0.223 e. The van der Waals surface area contributed by atoms with Gasteiger partial charge in [0.25, 0.3) is 0 Å².